The summed E-state index contributed by atoms with van der Waals surface area (Å²) in [7, 11) is 0. The number of benzene rings is 1. The lowest BCUT2D eigenvalue weighted by Crippen LogP contribution is -2.28. The normalized spacial score (nSPS) is 11.7. The van der Waals surface area contributed by atoms with Crippen LogP contribution in [0.2, 0.25) is 0 Å². The van der Waals surface area contributed by atoms with Gasteiger partial charge in [0.2, 0.25) is 0 Å². The van der Waals surface area contributed by atoms with Crippen molar-refractivity contribution in [2.75, 3.05) is 0 Å². The van der Waals surface area contributed by atoms with Gasteiger partial charge in [0, 0.05) is 10.9 Å². The molecule has 3 N–H and O–H groups in total. The van der Waals surface area contributed by atoms with Crippen molar-refractivity contribution in [2.45, 2.75) is 26.3 Å². The van der Waals surface area contributed by atoms with E-state index in [1.165, 1.54) is 11.1 Å². The SMILES string of the molecule is CC#CCC(NN)c1ccc(Br)cc1C. The van der Waals surface area contributed by atoms with E-state index in [0.717, 1.165) is 10.9 Å². The fraction of sp³-hybridized carbons (Fsp3) is 0.333. The summed E-state index contributed by atoms with van der Waals surface area (Å²) in [5.41, 5.74) is 5.21. The zero-order valence-corrected chi connectivity index (χ0v) is 10.6. The summed E-state index contributed by atoms with van der Waals surface area (Å²) >= 11 is 3.44. The number of nitrogens with two attached hydrogens (primary N) is 1. The number of hydrazine groups is 1. The number of hydrogen-bond donors (Lipinski definition) is 2. The highest BCUT2D eigenvalue weighted by Gasteiger charge is 2.10. The van der Waals surface area contributed by atoms with Gasteiger partial charge >= 0.3 is 0 Å². The zero-order valence-electron chi connectivity index (χ0n) is 8.97. The molecular formula is C12H15BrN2. The van der Waals surface area contributed by atoms with Crippen LogP contribution in [0.25, 0.3) is 0 Å². The lowest BCUT2D eigenvalue weighted by molar-refractivity contribution is 0.565. The van der Waals surface area contributed by atoms with Crippen molar-refractivity contribution in [2.24, 2.45) is 5.84 Å². The predicted octanol–water partition coefficient (Wildman–Crippen LogP) is 2.68. The summed E-state index contributed by atoms with van der Waals surface area (Å²) in [6.07, 6.45) is 0.732. The molecule has 0 aliphatic heterocycles. The minimum atomic E-state index is 0.102. The summed E-state index contributed by atoms with van der Waals surface area (Å²) in [5.74, 6) is 11.4. The molecule has 1 aromatic carbocycles. The lowest BCUT2D eigenvalue weighted by Gasteiger charge is -2.16. The van der Waals surface area contributed by atoms with E-state index in [1.54, 1.807) is 0 Å². The van der Waals surface area contributed by atoms with Gasteiger partial charge in [0.15, 0.2) is 0 Å². The van der Waals surface area contributed by atoms with Gasteiger partial charge in [0.05, 0.1) is 6.04 Å². The topological polar surface area (TPSA) is 38.0 Å². The van der Waals surface area contributed by atoms with Gasteiger partial charge < -0.3 is 0 Å². The van der Waals surface area contributed by atoms with Crippen LogP contribution in [-0.2, 0) is 0 Å². The molecule has 0 saturated carbocycles. The summed E-state index contributed by atoms with van der Waals surface area (Å²) in [6.45, 7) is 3.91. The van der Waals surface area contributed by atoms with Crippen LogP contribution < -0.4 is 11.3 Å². The first-order chi connectivity index (χ1) is 7.19. The van der Waals surface area contributed by atoms with Crippen molar-refractivity contribution < 1.29 is 0 Å². The van der Waals surface area contributed by atoms with Crippen molar-refractivity contribution in [1.29, 1.82) is 0 Å². The molecule has 0 spiro atoms. The van der Waals surface area contributed by atoms with Crippen LogP contribution >= 0.6 is 15.9 Å². The molecule has 0 aliphatic rings. The van der Waals surface area contributed by atoms with Crippen LogP contribution in [-0.4, -0.2) is 0 Å². The Morgan fingerprint density at radius 2 is 2.27 bits per heavy atom. The molecule has 1 rings (SSSR count). The summed E-state index contributed by atoms with van der Waals surface area (Å²) in [6, 6.07) is 6.28. The van der Waals surface area contributed by atoms with Crippen molar-refractivity contribution in [3.05, 3.63) is 33.8 Å². The van der Waals surface area contributed by atoms with Crippen LogP contribution in [0.1, 0.15) is 30.5 Å². The maximum Gasteiger partial charge on any atom is 0.0571 e. The molecule has 0 fully saturated rings. The van der Waals surface area contributed by atoms with Crippen LogP contribution in [0, 0.1) is 18.8 Å². The van der Waals surface area contributed by atoms with Crippen molar-refractivity contribution in [3.8, 4) is 11.8 Å². The number of aryl methyl sites for hydroxylation is 1. The second-order valence-corrected chi connectivity index (χ2v) is 4.27. The Labute approximate surface area is 99.3 Å². The van der Waals surface area contributed by atoms with E-state index in [-0.39, 0.29) is 6.04 Å². The van der Waals surface area contributed by atoms with Gasteiger partial charge in [-0.15, -0.1) is 11.8 Å². The Morgan fingerprint density at radius 3 is 2.80 bits per heavy atom. The third kappa shape index (κ3) is 3.35. The summed E-state index contributed by atoms with van der Waals surface area (Å²) in [5, 5.41) is 0. The van der Waals surface area contributed by atoms with Gasteiger partial charge in [0.1, 0.15) is 0 Å². The van der Waals surface area contributed by atoms with Crippen LogP contribution in [0.3, 0.4) is 0 Å². The molecule has 0 heterocycles. The van der Waals surface area contributed by atoms with E-state index >= 15 is 0 Å². The average molecular weight is 267 g/mol. The Kier molecular flexibility index (Phi) is 4.83. The maximum atomic E-state index is 5.52. The molecular weight excluding hydrogens is 252 g/mol. The molecule has 1 unspecified atom stereocenters. The summed E-state index contributed by atoms with van der Waals surface area (Å²) in [4.78, 5) is 0. The Balaban J connectivity index is 2.94. The Bertz CT molecular complexity index is 390. The molecule has 0 saturated heterocycles. The van der Waals surface area contributed by atoms with E-state index in [0.29, 0.717) is 0 Å². The monoisotopic (exact) mass is 266 g/mol. The van der Waals surface area contributed by atoms with Crippen LogP contribution in [0.15, 0.2) is 22.7 Å². The standard InChI is InChI=1S/C12H15BrN2/c1-3-4-5-12(15-14)11-7-6-10(13)8-9(11)2/h6-8,12,15H,5,14H2,1-2H3. The largest absolute Gasteiger partial charge is 0.271 e. The molecule has 0 aliphatic carbocycles. The molecule has 15 heavy (non-hydrogen) atoms. The number of rotatable bonds is 3. The zero-order chi connectivity index (χ0) is 11.3. The molecule has 0 amide bonds. The second kappa shape index (κ2) is 5.92. The van der Waals surface area contributed by atoms with Crippen molar-refractivity contribution >= 4 is 15.9 Å². The van der Waals surface area contributed by atoms with E-state index in [1.807, 2.05) is 13.0 Å². The first kappa shape index (κ1) is 12.3. The number of halogens is 1. The quantitative estimate of drug-likeness (QED) is 0.502. The Hall–Kier alpha value is -0.820. The van der Waals surface area contributed by atoms with Crippen molar-refractivity contribution in [3.63, 3.8) is 0 Å². The number of hydrogen-bond acceptors (Lipinski definition) is 2. The molecule has 0 bridgehead atoms. The van der Waals surface area contributed by atoms with Crippen molar-refractivity contribution in [1.82, 2.24) is 5.43 Å². The molecule has 80 valence electrons. The predicted molar refractivity (Wildman–Crippen MR) is 67.0 cm³/mol. The van der Waals surface area contributed by atoms with E-state index in [9.17, 15) is 0 Å². The highest BCUT2D eigenvalue weighted by Crippen LogP contribution is 2.23. The highest BCUT2D eigenvalue weighted by atomic mass is 79.9. The van der Waals surface area contributed by atoms with E-state index in [2.05, 4.69) is 52.3 Å². The Morgan fingerprint density at radius 1 is 1.53 bits per heavy atom. The fourth-order valence-electron chi connectivity index (χ4n) is 1.49. The lowest BCUT2D eigenvalue weighted by atomic mass is 9.99. The molecule has 3 heteroatoms. The summed E-state index contributed by atoms with van der Waals surface area (Å²) < 4.78 is 1.08. The third-order valence-corrected chi connectivity index (χ3v) is 2.78. The first-order valence-electron chi connectivity index (χ1n) is 4.80. The van der Waals surface area contributed by atoms with Gasteiger partial charge in [-0.1, -0.05) is 22.0 Å². The fourth-order valence-corrected chi connectivity index (χ4v) is 1.97. The van der Waals surface area contributed by atoms with Gasteiger partial charge in [-0.3, -0.25) is 11.3 Å². The molecule has 1 atom stereocenters. The minimum absolute atomic E-state index is 0.102. The molecule has 2 nitrogen and oxygen atoms in total. The third-order valence-electron chi connectivity index (χ3n) is 2.29. The van der Waals surface area contributed by atoms with E-state index < -0.39 is 0 Å². The second-order valence-electron chi connectivity index (χ2n) is 3.35. The maximum absolute atomic E-state index is 5.52. The highest BCUT2D eigenvalue weighted by molar-refractivity contribution is 9.10. The smallest absolute Gasteiger partial charge is 0.0571 e. The minimum Gasteiger partial charge on any atom is -0.271 e. The molecule has 0 aromatic heterocycles. The van der Waals surface area contributed by atoms with E-state index in [4.69, 9.17) is 5.84 Å². The molecule has 1 aromatic rings. The first-order valence-corrected chi connectivity index (χ1v) is 5.60. The average Bonchev–Trinajstić information content (AvgIpc) is 2.21. The van der Waals surface area contributed by atoms with Gasteiger partial charge in [0.25, 0.3) is 0 Å². The van der Waals surface area contributed by atoms with Crippen LogP contribution in [0.5, 0.6) is 0 Å². The molecule has 0 radical (unpaired) electrons. The van der Waals surface area contributed by atoms with Gasteiger partial charge in [-0.2, -0.15) is 0 Å². The van der Waals surface area contributed by atoms with Crippen LogP contribution in [0.4, 0.5) is 0 Å². The van der Waals surface area contributed by atoms with Gasteiger partial charge in [-0.25, -0.2) is 0 Å². The number of nitrogens with one attached hydrogen (secondary N) is 1. The van der Waals surface area contributed by atoms with Gasteiger partial charge in [-0.05, 0) is 37.1 Å².